The lowest BCUT2D eigenvalue weighted by Crippen LogP contribution is -2.28. The van der Waals surface area contributed by atoms with Crippen molar-refractivity contribution in [2.75, 3.05) is 11.9 Å². The van der Waals surface area contributed by atoms with Gasteiger partial charge in [0.15, 0.2) is 0 Å². The van der Waals surface area contributed by atoms with Gasteiger partial charge < -0.3 is 10.6 Å². The highest BCUT2D eigenvalue weighted by Crippen LogP contribution is 2.28. The zero-order chi connectivity index (χ0) is 20.4. The Morgan fingerprint density at radius 3 is 2.52 bits per heavy atom. The van der Waals surface area contributed by atoms with E-state index in [1.807, 2.05) is 22.7 Å². The summed E-state index contributed by atoms with van der Waals surface area (Å²) < 4.78 is 29.1. The van der Waals surface area contributed by atoms with E-state index >= 15 is 0 Å². The zero-order valence-corrected chi connectivity index (χ0v) is 15.6. The van der Waals surface area contributed by atoms with Crippen molar-refractivity contribution < 1.29 is 13.6 Å². The second kappa shape index (κ2) is 7.71. The van der Waals surface area contributed by atoms with E-state index < -0.39 is 11.8 Å². The Bertz CT molecular complexity index is 1190. The van der Waals surface area contributed by atoms with Crippen molar-refractivity contribution in [3.05, 3.63) is 78.6 Å². The number of imidazole rings is 1. The van der Waals surface area contributed by atoms with Crippen LogP contribution in [0.25, 0.3) is 28.0 Å². The van der Waals surface area contributed by atoms with Crippen molar-refractivity contribution in [3.63, 3.8) is 0 Å². The van der Waals surface area contributed by atoms with E-state index in [1.54, 1.807) is 37.4 Å². The van der Waals surface area contributed by atoms with E-state index in [-0.39, 0.29) is 11.5 Å². The molecule has 2 aromatic heterocycles. The average molecular weight is 392 g/mol. The minimum absolute atomic E-state index is 0.0892. The minimum atomic E-state index is -0.521. The number of amides is 2. The van der Waals surface area contributed by atoms with Crippen LogP contribution in [-0.4, -0.2) is 22.0 Å². The lowest BCUT2D eigenvalue weighted by Gasteiger charge is -2.10. The second-order valence-electron chi connectivity index (χ2n) is 6.47. The van der Waals surface area contributed by atoms with Crippen LogP contribution in [0.5, 0.6) is 0 Å². The van der Waals surface area contributed by atoms with Gasteiger partial charge in [-0.15, -0.1) is 0 Å². The van der Waals surface area contributed by atoms with Crippen LogP contribution in [0.1, 0.15) is 6.92 Å². The topological polar surface area (TPSA) is 58.4 Å². The van der Waals surface area contributed by atoms with Crippen LogP contribution < -0.4 is 10.6 Å². The molecule has 2 heterocycles. The number of benzene rings is 2. The molecule has 7 heteroatoms. The van der Waals surface area contributed by atoms with Gasteiger partial charge in [-0.05, 0) is 60.5 Å². The van der Waals surface area contributed by atoms with Gasteiger partial charge in [0.1, 0.15) is 17.3 Å². The fraction of sp³-hybridized carbons (Fsp3) is 0.0909. The van der Waals surface area contributed by atoms with Gasteiger partial charge in [0.25, 0.3) is 0 Å². The largest absolute Gasteiger partial charge is 0.338 e. The number of hydrogen-bond acceptors (Lipinski definition) is 2. The van der Waals surface area contributed by atoms with Gasteiger partial charge in [0, 0.05) is 18.3 Å². The molecule has 0 bridgehead atoms. The molecule has 0 saturated carbocycles. The molecule has 4 aromatic rings. The van der Waals surface area contributed by atoms with Gasteiger partial charge in [0.05, 0.1) is 17.6 Å². The molecule has 146 valence electrons. The quantitative estimate of drug-likeness (QED) is 0.508. The lowest BCUT2D eigenvalue weighted by molar-refractivity contribution is 0.252. The molecular formula is C22H18F2N4O. The Kier molecular flexibility index (Phi) is 4.95. The minimum Gasteiger partial charge on any atom is -0.338 e. The first-order valence-corrected chi connectivity index (χ1v) is 9.13. The highest BCUT2D eigenvalue weighted by Gasteiger charge is 2.12. The summed E-state index contributed by atoms with van der Waals surface area (Å²) in [6.45, 7) is 2.22. The molecule has 29 heavy (non-hydrogen) atoms. The molecule has 2 amide bonds. The molecule has 0 saturated heterocycles. The van der Waals surface area contributed by atoms with Crippen molar-refractivity contribution in [1.82, 2.24) is 14.7 Å². The summed E-state index contributed by atoms with van der Waals surface area (Å²) in [5.41, 5.74) is 4.04. The maximum atomic E-state index is 14.1. The molecule has 0 aliphatic heterocycles. The third kappa shape index (κ3) is 3.80. The molecule has 4 rings (SSSR count). The Morgan fingerprint density at radius 2 is 1.76 bits per heavy atom. The van der Waals surface area contributed by atoms with Crippen LogP contribution in [-0.2, 0) is 0 Å². The molecule has 2 N–H and O–H groups in total. The van der Waals surface area contributed by atoms with Crippen LogP contribution in [0.4, 0.5) is 19.3 Å². The number of urea groups is 1. The molecular weight excluding hydrogens is 374 g/mol. The normalized spacial score (nSPS) is 10.9. The number of pyridine rings is 1. The van der Waals surface area contributed by atoms with E-state index in [2.05, 4.69) is 15.6 Å². The first kappa shape index (κ1) is 18.6. The highest BCUT2D eigenvalue weighted by atomic mass is 19.1. The molecule has 0 radical (unpaired) electrons. The van der Waals surface area contributed by atoms with Gasteiger partial charge in [-0.1, -0.05) is 12.1 Å². The predicted octanol–water partition coefficient (Wildman–Crippen LogP) is 5.09. The van der Waals surface area contributed by atoms with Crippen LogP contribution in [0.2, 0.25) is 0 Å². The number of nitrogens with one attached hydrogen (secondary N) is 2. The fourth-order valence-corrected chi connectivity index (χ4v) is 3.12. The Labute approximate surface area is 166 Å². The number of halogens is 2. The fourth-order valence-electron chi connectivity index (χ4n) is 3.12. The zero-order valence-electron chi connectivity index (χ0n) is 15.6. The number of carbonyl (C=O) groups excluding carboxylic acids is 1. The summed E-state index contributed by atoms with van der Waals surface area (Å²) in [6.07, 6.45) is 3.55. The second-order valence-corrected chi connectivity index (χ2v) is 6.47. The van der Waals surface area contributed by atoms with Crippen molar-refractivity contribution in [2.45, 2.75) is 6.92 Å². The summed E-state index contributed by atoms with van der Waals surface area (Å²) in [6, 6.07) is 14.1. The molecule has 0 unspecified atom stereocenters. The standard InChI is InChI=1S/C22H18F2N4O/c1-2-25-22(29)27-19-11-16(5-8-18(19)24)20-13-26-21-12-15(9-10-28(20)21)14-3-6-17(23)7-4-14/h3-13H,2H2,1H3,(H2,25,27,29). The number of carbonyl (C=O) groups is 1. The SMILES string of the molecule is CCNC(=O)Nc1cc(-c2cnc3cc(-c4ccc(F)cc4)ccn23)ccc1F. The number of rotatable bonds is 4. The van der Waals surface area contributed by atoms with Gasteiger partial charge in [-0.3, -0.25) is 4.40 Å². The van der Waals surface area contributed by atoms with E-state index in [1.165, 1.54) is 18.2 Å². The number of anilines is 1. The van der Waals surface area contributed by atoms with Crippen molar-refractivity contribution >= 4 is 17.4 Å². The summed E-state index contributed by atoms with van der Waals surface area (Å²) in [7, 11) is 0. The number of nitrogens with zero attached hydrogens (tertiary/aromatic N) is 2. The molecule has 2 aromatic carbocycles. The van der Waals surface area contributed by atoms with E-state index in [9.17, 15) is 13.6 Å². The summed E-state index contributed by atoms with van der Waals surface area (Å²) >= 11 is 0. The summed E-state index contributed by atoms with van der Waals surface area (Å²) in [4.78, 5) is 16.2. The molecule has 0 atom stereocenters. The smallest absolute Gasteiger partial charge is 0.319 e. The van der Waals surface area contributed by atoms with Gasteiger partial charge in [-0.25, -0.2) is 18.6 Å². The maximum Gasteiger partial charge on any atom is 0.319 e. The Morgan fingerprint density at radius 1 is 1.00 bits per heavy atom. The highest BCUT2D eigenvalue weighted by molar-refractivity contribution is 5.90. The molecule has 0 aliphatic rings. The molecule has 0 aliphatic carbocycles. The summed E-state index contributed by atoms with van der Waals surface area (Å²) in [5.74, 6) is -0.807. The number of hydrogen-bond donors (Lipinski definition) is 2. The lowest BCUT2D eigenvalue weighted by atomic mass is 10.1. The molecule has 0 spiro atoms. The number of fused-ring (bicyclic) bond motifs is 1. The third-order valence-corrected chi connectivity index (χ3v) is 4.54. The van der Waals surface area contributed by atoms with Crippen LogP contribution in [0.15, 0.2) is 67.0 Å². The summed E-state index contributed by atoms with van der Waals surface area (Å²) in [5, 5.41) is 5.08. The van der Waals surface area contributed by atoms with Gasteiger partial charge in [-0.2, -0.15) is 0 Å². The van der Waals surface area contributed by atoms with E-state index in [0.717, 1.165) is 16.8 Å². The third-order valence-electron chi connectivity index (χ3n) is 4.54. The van der Waals surface area contributed by atoms with Gasteiger partial charge in [0.2, 0.25) is 0 Å². The van der Waals surface area contributed by atoms with Crippen LogP contribution >= 0.6 is 0 Å². The van der Waals surface area contributed by atoms with Gasteiger partial charge >= 0.3 is 6.03 Å². The van der Waals surface area contributed by atoms with Crippen molar-refractivity contribution in [2.24, 2.45) is 0 Å². The molecule has 5 nitrogen and oxygen atoms in total. The van der Waals surface area contributed by atoms with Crippen LogP contribution in [0, 0.1) is 11.6 Å². The van der Waals surface area contributed by atoms with E-state index in [4.69, 9.17) is 0 Å². The first-order chi connectivity index (χ1) is 14.0. The Hall–Kier alpha value is -3.74. The average Bonchev–Trinajstić information content (AvgIpc) is 3.14. The monoisotopic (exact) mass is 392 g/mol. The Balaban J connectivity index is 1.69. The van der Waals surface area contributed by atoms with Crippen molar-refractivity contribution in [1.29, 1.82) is 0 Å². The first-order valence-electron chi connectivity index (χ1n) is 9.13. The van der Waals surface area contributed by atoms with Crippen molar-refractivity contribution in [3.8, 4) is 22.4 Å². The maximum absolute atomic E-state index is 14.1. The predicted molar refractivity (Wildman–Crippen MR) is 109 cm³/mol. The number of aromatic nitrogens is 2. The molecule has 0 fully saturated rings. The van der Waals surface area contributed by atoms with E-state index in [0.29, 0.717) is 17.8 Å². The van der Waals surface area contributed by atoms with Crippen LogP contribution in [0.3, 0.4) is 0 Å².